The van der Waals surface area contributed by atoms with Crippen molar-refractivity contribution in [1.82, 2.24) is 9.47 Å². The Hall–Kier alpha value is -3.17. The number of hydrogen-bond donors (Lipinski definition) is 0. The van der Waals surface area contributed by atoms with Crippen LogP contribution in [0.1, 0.15) is 47.5 Å². The maximum absolute atomic E-state index is 12.5. The summed E-state index contributed by atoms with van der Waals surface area (Å²) < 4.78 is 11.6. The van der Waals surface area contributed by atoms with E-state index in [-0.39, 0.29) is 48.6 Å². The van der Waals surface area contributed by atoms with Gasteiger partial charge in [0.2, 0.25) is 0 Å². The fourth-order valence-electron chi connectivity index (χ4n) is 3.38. The molecule has 10 heteroatoms. The Morgan fingerprint density at radius 2 is 1.83 bits per heavy atom. The van der Waals surface area contributed by atoms with E-state index < -0.39 is 22.8 Å². The predicted octanol–water partition coefficient (Wildman–Crippen LogP) is 2.86. The van der Waals surface area contributed by atoms with Crippen molar-refractivity contribution in [3.05, 3.63) is 38.9 Å². The number of carbonyl (C=O) groups excluding carboxylic acids is 2. The predicted molar refractivity (Wildman–Crippen MR) is 109 cm³/mol. The summed E-state index contributed by atoms with van der Waals surface area (Å²) in [6, 6.07) is 3.87. The maximum atomic E-state index is 12.5. The number of nitro benzene ring substituents is 1. The van der Waals surface area contributed by atoms with Crippen molar-refractivity contribution in [1.29, 1.82) is 0 Å². The molecule has 1 amide bonds. The third kappa shape index (κ3) is 5.25. The summed E-state index contributed by atoms with van der Waals surface area (Å²) in [6.07, 6.45) is -0.614. The smallest absolute Gasteiger partial charge is 0.419 e. The molecule has 0 bridgehead atoms. The summed E-state index contributed by atoms with van der Waals surface area (Å²) in [7, 11) is 0. The Kier molecular flexibility index (Phi) is 7.36. The first-order chi connectivity index (χ1) is 14.0. The number of aromatic nitrogens is 1. The second-order valence-corrected chi connectivity index (χ2v) is 7.60. The lowest BCUT2D eigenvalue weighted by Gasteiger charge is -2.32. The molecule has 0 fully saturated rings. The first-order valence-corrected chi connectivity index (χ1v) is 9.82. The molecule has 0 N–H and O–H groups in total. The summed E-state index contributed by atoms with van der Waals surface area (Å²) in [5.41, 5.74) is 0.341. The van der Waals surface area contributed by atoms with Crippen LogP contribution in [-0.4, -0.2) is 44.5 Å². The van der Waals surface area contributed by atoms with Crippen molar-refractivity contribution < 1.29 is 23.7 Å². The second-order valence-electron chi connectivity index (χ2n) is 7.60. The number of aryl methyl sites for hydroxylation is 1. The lowest BCUT2D eigenvalue weighted by Crippen LogP contribution is -2.47. The van der Waals surface area contributed by atoms with Crippen LogP contribution in [0.3, 0.4) is 0 Å². The lowest BCUT2D eigenvalue weighted by atomic mass is 10.2. The Labute approximate surface area is 173 Å². The minimum atomic E-state index is -0.902. The maximum Gasteiger partial charge on any atom is 0.419 e. The Morgan fingerprint density at radius 1 is 1.20 bits per heavy atom. The number of hydrogen-bond acceptors (Lipinski definition) is 7. The SMILES string of the molecule is CC(OC(=O)CCCn1c(=O)oc2cc([N+](=O)[O-])ccc21)C(=O)N(C(C)C)C(C)C. The van der Waals surface area contributed by atoms with Crippen LogP contribution >= 0.6 is 0 Å². The van der Waals surface area contributed by atoms with Crippen molar-refractivity contribution in [2.75, 3.05) is 0 Å². The van der Waals surface area contributed by atoms with E-state index in [9.17, 15) is 24.5 Å². The molecule has 0 saturated carbocycles. The highest BCUT2D eigenvalue weighted by Crippen LogP contribution is 2.20. The van der Waals surface area contributed by atoms with Crippen LogP contribution in [0.2, 0.25) is 0 Å². The zero-order valence-electron chi connectivity index (χ0n) is 17.8. The molecule has 0 aliphatic rings. The summed E-state index contributed by atoms with van der Waals surface area (Å²) in [5.74, 6) is -1.46. The van der Waals surface area contributed by atoms with Crippen molar-refractivity contribution in [3.63, 3.8) is 0 Å². The zero-order valence-corrected chi connectivity index (χ0v) is 17.8. The van der Waals surface area contributed by atoms with Crippen LogP contribution < -0.4 is 5.76 Å². The van der Waals surface area contributed by atoms with Crippen LogP contribution in [0.25, 0.3) is 11.1 Å². The van der Waals surface area contributed by atoms with Gasteiger partial charge in [-0.2, -0.15) is 0 Å². The van der Waals surface area contributed by atoms with E-state index in [1.807, 2.05) is 27.7 Å². The van der Waals surface area contributed by atoms with Gasteiger partial charge in [-0.25, -0.2) is 4.79 Å². The van der Waals surface area contributed by atoms with E-state index in [0.717, 1.165) is 0 Å². The van der Waals surface area contributed by atoms with Gasteiger partial charge in [-0.3, -0.25) is 24.3 Å². The average Bonchev–Trinajstić information content (AvgIpc) is 2.95. The summed E-state index contributed by atoms with van der Waals surface area (Å²) in [6.45, 7) is 9.30. The number of rotatable bonds is 9. The van der Waals surface area contributed by atoms with E-state index >= 15 is 0 Å². The molecule has 1 unspecified atom stereocenters. The Bertz CT molecular complexity index is 982. The van der Waals surface area contributed by atoms with E-state index in [0.29, 0.717) is 5.52 Å². The highest BCUT2D eigenvalue weighted by Gasteiger charge is 2.27. The van der Waals surface area contributed by atoms with E-state index in [2.05, 4.69) is 0 Å². The molecule has 1 atom stereocenters. The van der Waals surface area contributed by atoms with E-state index in [1.54, 1.807) is 11.8 Å². The second kappa shape index (κ2) is 9.55. The minimum Gasteiger partial charge on any atom is -0.453 e. The molecule has 164 valence electrons. The fourth-order valence-corrected chi connectivity index (χ4v) is 3.38. The van der Waals surface area contributed by atoms with Crippen molar-refractivity contribution in [2.45, 2.75) is 72.2 Å². The standard InChI is InChI=1S/C20H27N3O7/c1-12(2)22(13(3)4)19(25)14(5)29-18(24)7-6-10-21-16-9-8-15(23(27)28)11-17(16)30-20(21)26/h8-9,11-14H,6-7,10H2,1-5H3. The van der Waals surface area contributed by atoms with Crippen LogP contribution in [0, 0.1) is 10.1 Å². The molecule has 0 aliphatic heterocycles. The third-order valence-electron chi connectivity index (χ3n) is 4.65. The van der Waals surface area contributed by atoms with Crippen LogP contribution in [0.5, 0.6) is 0 Å². The molecule has 1 aromatic carbocycles. The Morgan fingerprint density at radius 3 is 2.40 bits per heavy atom. The third-order valence-corrected chi connectivity index (χ3v) is 4.65. The molecule has 1 heterocycles. The molecule has 30 heavy (non-hydrogen) atoms. The number of nitro groups is 1. The first-order valence-electron chi connectivity index (χ1n) is 9.82. The van der Waals surface area contributed by atoms with Gasteiger partial charge >= 0.3 is 11.7 Å². The summed E-state index contributed by atoms with van der Waals surface area (Å²) >= 11 is 0. The minimum absolute atomic E-state index is 0.00702. The number of esters is 1. The van der Waals surface area contributed by atoms with Crippen LogP contribution in [0.4, 0.5) is 5.69 Å². The first kappa shape index (κ1) is 23.1. The number of ether oxygens (including phenoxy) is 1. The molecule has 0 aliphatic carbocycles. The van der Waals surface area contributed by atoms with Gasteiger partial charge in [-0.1, -0.05) is 0 Å². The number of nitrogens with zero attached hydrogens (tertiary/aromatic N) is 3. The van der Waals surface area contributed by atoms with Gasteiger partial charge in [-0.05, 0) is 47.1 Å². The van der Waals surface area contributed by atoms with E-state index in [4.69, 9.17) is 9.15 Å². The lowest BCUT2D eigenvalue weighted by molar-refractivity contribution is -0.384. The summed E-state index contributed by atoms with van der Waals surface area (Å²) in [4.78, 5) is 48.6. The molecule has 2 aromatic rings. The van der Waals surface area contributed by atoms with E-state index in [1.165, 1.54) is 22.8 Å². The van der Waals surface area contributed by atoms with Crippen molar-refractivity contribution in [2.24, 2.45) is 0 Å². The van der Waals surface area contributed by atoms with Crippen LogP contribution in [0.15, 0.2) is 27.4 Å². The van der Waals surface area contributed by atoms with Crippen molar-refractivity contribution >= 4 is 28.7 Å². The molecule has 0 saturated heterocycles. The molecular weight excluding hydrogens is 394 g/mol. The van der Waals surface area contributed by atoms with Gasteiger partial charge in [0, 0.05) is 31.1 Å². The largest absolute Gasteiger partial charge is 0.453 e. The number of carbonyl (C=O) groups is 2. The van der Waals surface area contributed by atoms with Gasteiger partial charge in [-0.15, -0.1) is 0 Å². The molecule has 2 rings (SSSR count). The molecular formula is C20H27N3O7. The number of non-ortho nitro benzene ring substituents is 1. The Balaban J connectivity index is 1.96. The average molecular weight is 421 g/mol. The topological polar surface area (TPSA) is 125 Å². The quantitative estimate of drug-likeness (QED) is 0.346. The number of oxazole rings is 1. The van der Waals surface area contributed by atoms with Crippen LogP contribution in [-0.2, 0) is 20.9 Å². The van der Waals surface area contributed by atoms with Gasteiger partial charge in [0.05, 0.1) is 16.5 Å². The fraction of sp³-hybridized carbons (Fsp3) is 0.550. The monoisotopic (exact) mass is 421 g/mol. The number of amides is 1. The van der Waals surface area contributed by atoms with Gasteiger partial charge in [0.25, 0.3) is 11.6 Å². The normalized spacial score (nSPS) is 12.4. The van der Waals surface area contributed by atoms with Crippen molar-refractivity contribution in [3.8, 4) is 0 Å². The number of benzene rings is 1. The molecule has 10 nitrogen and oxygen atoms in total. The zero-order chi connectivity index (χ0) is 22.6. The highest BCUT2D eigenvalue weighted by molar-refractivity contribution is 5.84. The molecule has 1 aromatic heterocycles. The van der Waals surface area contributed by atoms with Gasteiger partial charge < -0.3 is 14.1 Å². The summed E-state index contributed by atoms with van der Waals surface area (Å²) in [5, 5.41) is 10.8. The van der Waals surface area contributed by atoms with Gasteiger partial charge in [0.15, 0.2) is 11.7 Å². The highest BCUT2D eigenvalue weighted by atomic mass is 16.6. The van der Waals surface area contributed by atoms with Gasteiger partial charge in [0.1, 0.15) is 0 Å². The molecule has 0 spiro atoms. The number of fused-ring (bicyclic) bond motifs is 1. The molecule has 0 radical (unpaired) electrons.